The fraction of sp³-hybridized carbons (Fsp3) is 0.227. The van der Waals surface area contributed by atoms with E-state index in [-0.39, 0.29) is 5.41 Å². The van der Waals surface area contributed by atoms with Gasteiger partial charge in [-0.1, -0.05) is 48.5 Å². The summed E-state index contributed by atoms with van der Waals surface area (Å²) < 4.78 is 6.68. The molecule has 2 aliphatic rings. The lowest BCUT2D eigenvalue weighted by Crippen LogP contribution is -2.61. The van der Waals surface area contributed by atoms with Crippen LogP contribution in [0.5, 0.6) is 5.75 Å². The quantitative estimate of drug-likeness (QED) is 0.576. The number of nitrogens with zero attached hydrogens (tertiary/aromatic N) is 2. The number of anilines is 1. The number of aliphatic imine (C=N–C) groups is 1. The van der Waals surface area contributed by atoms with Crippen LogP contribution in [-0.4, -0.2) is 19.0 Å². The molecular formula is C22H20N2O. The van der Waals surface area contributed by atoms with E-state index in [2.05, 4.69) is 68.3 Å². The molecule has 2 aliphatic heterocycles. The molecule has 0 aliphatic carbocycles. The van der Waals surface area contributed by atoms with Crippen molar-refractivity contribution in [2.24, 2.45) is 4.99 Å². The summed E-state index contributed by atoms with van der Waals surface area (Å²) in [5, 5.41) is 2.31. The molecule has 0 fully saturated rings. The highest BCUT2D eigenvalue weighted by molar-refractivity contribution is 5.99. The molecule has 3 heteroatoms. The van der Waals surface area contributed by atoms with Crippen LogP contribution >= 0.6 is 0 Å². The second-order valence-electron chi connectivity index (χ2n) is 7.39. The molecule has 25 heavy (non-hydrogen) atoms. The zero-order valence-corrected chi connectivity index (χ0v) is 14.7. The van der Waals surface area contributed by atoms with E-state index in [0.717, 1.165) is 16.8 Å². The molecule has 0 saturated carbocycles. The molecule has 3 nitrogen and oxygen atoms in total. The Kier molecular flexibility index (Phi) is 2.69. The van der Waals surface area contributed by atoms with Crippen LogP contribution < -0.4 is 9.64 Å². The van der Waals surface area contributed by atoms with Gasteiger partial charge in [0.1, 0.15) is 11.4 Å². The topological polar surface area (TPSA) is 24.8 Å². The first-order chi connectivity index (χ1) is 12.0. The normalized spacial score (nSPS) is 22.8. The van der Waals surface area contributed by atoms with E-state index in [9.17, 15) is 0 Å². The van der Waals surface area contributed by atoms with E-state index in [1.807, 2.05) is 24.4 Å². The number of para-hydroxylation sites is 1. The minimum absolute atomic E-state index is 0.217. The lowest BCUT2D eigenvalue weighted by atomic mass is 9.77. The first-order valence-corrected chi connectivity index (χ1v) is 8.64. The molecule has 0 aromatic heterocycles. The molecule has 3 aromatic rings. The fourth-order valence-corrected chi connectivity index (χ4v) is 4.33. The molecular weight excluding hydrogens is 308 g/mol. The van der Waals surface area contributed by atoms with Gasteiger partial charge in [0.15, 0.2) is 0 Å². The van der Waals surface area contributed by atoms with Gasteiger partial charge in [0.2, 0.25) is 5.72 Å². The second-order valence-corrected chi connectivity index (χ2v) is 7.39. The summed E-state index contributed by atoms with van der Waals surface area (Å²) in [5.74, 6) is 0.842. The Morgan fingerprint density at radius 3 is 2.52 bits per heavy atom. The maximum atomic E-state index is 6.68. The SMILES string of the molecule is CN1c2ccccc2C(C)(C)[C@@]12C=Nc1c(ccc3ccccc13)O2. The number of benzene rings is 3. The van der Waals surface area contributed by atoms with Crippen LogP contribution in [0, 0.1) is 0 Å². The lowest BCUT2D eigenvalue weighted by molar-refractivity contribution is 0.0826. The largest absolute Gasteiger partial charge is 0.459 e. The van der Waals surface area contributed by atoms with Crippen LogP contribution in [0.25, 0.3) is 10.8 Å². The maximum Gasteiger partial charge on any atom is 0.228 e. The van der Waals surface area contributed by atoms with Crippen molar-refractivity contribution in [3.05, 3.63) is 66.2 Å². The Morgan fingerprint density at radius 2 is 1.68 bits per heavy atom. The highest BCUT2D eigenvalue weighted by atomic mass is 16.5. The highest BCUT2D eigenvalue weighted by Crippen LogP contribution is 2.53. The fourth-order valence-electron chi connectivity index (χ4n) is 4.33. The third-order valence-electron chi connectivity index (χ3n) is 5.83. The predicted octanol–water partition coefficient (Wildman–Crippen LogP) is 5.06. The van der Waals surface area contributed by atoms with Gasteiger partial charge >= 0.3 is 0 Å². The average Bonchev–Trinajstić information content (AvgIpc) is 2.81. The summed E-state index contributed by atoms with van der Waals surface area (Å²) in [7, 11) is 2.09. The van der Waals surface area contributed by atoms with Crippen molar-refractivity contribution in [2.45, 2.75) is 25.0 Å². The van der Waals surface area contributed by atoms with Gasteiger partial charge in [-0.15, -0.1) is 0 Å². The molecule has 1 spiro atoms. The van der Waals surface area contributed by atoms with Gasteiger partial charge in [-0.2, -0.15) is 0 Å². The van der Waals surface area contributed by atoms with E-state index < -0.39 is 5.72 Å². The smallest absolute Gasteiger partial charge is 0.228 e. The second kappa shape index (κ2) is 4.63. The molecule has 5 rings (SSSR count). The Hall–Kier alpha value is -2.81. The molecule has 0 N–H and O–H groups in total. The van der Waals surface area contributed by atoms with Crippen molar-refractivity contribution in [1.82, 2.24) is 0 Å². The third-order valence-corrected chi connectivity index (χ3v) is 5.83. The van der Waals surface area contributed by atoms with E-state index in [1.165, 1.54) is 16.6 Å². The van der Waals surface area contributed by atoms with Gasteiger partial charge < -0.3 is 9.64 Å². The van der Waals surface area contributed by atoms with Crippen molar-refractivity contribution in [1.29, 1.82) is 0 Å². The number of hydrogen-bond acceptors (Lipinski definition) is 3. The lowest BCUT2D eigenvalue weighted by Gasteiger charge is -2.45. The van der Waals surface area contributed by atoms with Crippen molar-refractivity contribution >= 4 is 28.4 Å². The zero-order chi connectivity index (χ0) is 17.2. The maximum absolute atomic E-state index is 6.68. The number of hydrogen-bond donors (Lipinski definition) is 0. The van der Waals surface area contributed by atoms with E-state index >= 15 is 0 Å². The van der Waals surface area contributed by atoms with Crippen LogP contribution in [-0.2, 0) is 5.41 Å². The van der Waals surface area contributed by atoms with Crippen molar-refractivity contribution in [3.63, 3.8) is 0 Å². The predicted molar refractivity (Wildman–Crippen MR) is 103 cm³/mol. The summed E-state index contributed by atoms with van der Waals surface area (Å²) in [6.45, 7) is 4.46. The molecule has 2 heterocycles. The molecule has 0 radical (unpaired) electrons. The van der Waals surface area contributed by atoms with Crippen LogP contribution in [0.3, 0.4) is 0 Å². The number of rotatable bonds is 0. The number of fused-ring (bicyclic) bond motifs is 4. The summed E-state index contributed by atoms with van der Waals surface area (Å²) >= 11 is 0. The van der Waals surface area contributed by atoms with E-state index in [4.69, 9.17) is 9.73 Å². The molecule has 3 aromatic carbocycles. The monoisotopic (exact) mass is 328 g/mol. The molecule has 0 saturated heterocycles. The van der Waals surface area contributed by atoms with Crippen LogP contribution in [0.15, 0.2) is 65.7 Å². The third kappa shape index (κ3) is 1.68. The van der Waals surface area contributed by atoms with Crippen LogP contribution in [0.2, 0.25) is 0 Å². The van der Waals surface area contributed by atoms with Crippen LogP contribution in [0.4, 0.5) is 11.4 Å². The van der Waals surface area contributed by atoms with Crippen molar-refractivity contribution < 1.29 is 4.74 Å². The average molecular weight is 328 g/mol. The molecule has 1 atom stereocenters. The summed E-state index contributed by atoms with van der Waals surface area (Å²) in [6, 6.07) is 21.0. The standard InChI is InChI=1S/C22H20N2O/c1-21(2)17-10-6-7-11-18(17)24(3)22(21)14-23-20-16-9-5-4-8-15(16)12-13-19(20)25-22/h4-14H,1-3H3/t22-/m0/s1. The number of likely N-dealkylation sites (N-methyl/N-ethyl adjacent to an activating group) is 1. The van der Waals surface area contributed by atoms with Crippen LogP contribution in [0.1, 0.15) is 19.4 Å². The van der Waals surface area contributed by atoms with Gasteiger partial charge in [0.25, 0.3) is 0 Å². The molecule has 0 bridgehead atoms. The Balaban J connectivity index is 1.72. The first kappa shape index (κ1) is 14.5. The molecule has 124 valence electrons. The first-order valence-electron chi connectivity index (χ1n) is 8.64. The minimum atomic E-state index is -0.619. The summed E-state index contributed by atoms with van der Waals surface area (Å²) in [5.41, 5.74) is 2.57. The molecule has 0 unspecified atom stereocenters. The van der Waals surface area contributed by atoms with Gasteiger partial charge in [0.05, 0.1) is 11.6 Å². The van der Waals surface area contributed by atoms with Crippen molar-refractivity contribution in [3.8, 4) is 5.75 Å². The van der Waals surface area contributed by atoms with Gasteiger partial charge in [0, 0.05) is 18.1 Å². The molecule has 0 amide bonds. The Morgan fingerprint density at radius 1 is 0.920 bits per heavy atom. The Bertz CT molecular complexity index is 1040. The van der Waals surface area contributed by atoms with Gasteiger partial charge in [-0.25, -0.2) is 0 Å². The van der Waals surface area contributed by atoms with E-state index in [0.29, 0.717) is 0 Å². The highest BCUT2D eigenvalue weighted by Gasteiger charge is 2.58. The minimum Gasteiger partial charge on any atom is -0.459 e. The summed E-state index contributed by atoms with van der Waals surface area (Å²) in [4.78, 5) is 7.11. The van der Waals surface area contributed by atoms with Gasteiger partial charge in [-0.3, -0.25) is 4.99 Å². The zero-order valence-electron chi connectivity index (χ0n) is 14.7. The van der Waals surface area contributed by atoms with Gasteiger partial charge in [-0.05, 0) is 36.9 Å². The van der Waals surface area contributed by atoms with E-state index in [1.54, 1.807) is 0 Å². The summed E-state index contributed by atoms with van der Waals surface area (Å²) in [6.07, 6.45) is 1.99. The Labute approximate surface area is 147 Å². The number of ether oxygens (including phenoxy) is 1. The van der Waals surface area contributed by atoms with Crippen molar-refractivity contribution in [2.75, 3.05) is 11.9 Å².